The van der Waals surface area contributed by atoms with Gasteiger partial charge in [0, 0.05) is 40.3 Å². The van der Waals surface area contributed by atoms with Crippen LogP contribution < -0.4 is 5.32 Å². The lowest BCUT2D eigenvalue weighted by Gasteiger charge is -2.39. The van der Waals surface area contributed by atoms with Crippen molar-refractivity contribution in [3.05, 3.63) is 88.1 Å². The maximum Gasteiger partial charge on any atom is 0.192 e. The van der Waals surface area contributed by atoms with Gasteiger partial charge in [0.15, 0.2) is 11.6 Å². The fourth-order valence-electron chi connectivity index (χ4n) is 4.77. The highest BCUT2D eigenvalue weighted by atomic mass is 16.1. The van der Waals surface area contributed by atoms with E-state index in [0.717, 1.165) is 40.1 Å². The number of hydrogen-bond acceptors (Lipinski definition) is 3. The van der Waals surface area contributed by atoms with Crippen molar-refractivity contribution in [2.24, 2.45) is 5.41 Å². The molecule has 1 aliphatic heterocycles. The second-order valence-electron chi connectivity index (χ2n) is 8.47. The minimum absolute atomic E-state index is 0.0335. The van der Waals surface area contributed by atoms with Gasteiger partial charge in [0.25, 0.3) is 0 Å². The van der Waals surface area contributed by atoms with Gasteiger partial charge in [-0.2, -0.15) is 0 Å². The Morgan fingerprint density at radius 3 is 2.26 bits per heavy atom. The summed E-state index contributed by atoms with van der Waals surface area (Å²) in [7, 11) is 0. The van der Waals surface area contributed by atoms with E-state index in [0.29, 0.717) is 12.0 Å². The molecule has 0 bridgehead atoms. The Kier molecular flexibility index (Phi) is 3.33. The van der Waals surface area contributed by atoms with Crippen LogP contribution in [0.5, 0.6) is 0 Å². The zero-order valence-corrected chi connectivity index (χ0v) is 15.5. The molecule has 2 aromatic carbocycles. The SMILES string of the molecule is CC1(C)CC(=O)C2=C(C1)NC1=C(C(=O)c3ccccc31)[C@@H]2c1ccccc1. The van der Waals surface area contributed by atoms with E-state index in [2.05, 4.69) is 19.2 Å². The third-order valence-corrected chi connectivity index (χ3v) is 5.86. The molecule has 2 aromatic rings. The van der Waals surface area contributed by atoms with E-state index in [4.69, 9.17) is 0 Å². The zero-order chi connectivity index (χ0) is 18.8. The molecule has 2 aliphatic carbocycles. The van der Waals surface area contributed by atoms with Crippen molar-refractivity contribution in [3.63, 3.8) is 0 Å². The molecular formula is C24H21NO2. The topological polar surface area (TPSA) is 46.2 Å². The Bertz CT molecular complexity index is 1060. The molecular weight excluding hydrogens is 334 g/mol. The van der Waals surface area contributed by atoms with E-state index < -0.39 is 0 Å². The van der Waals surface area contributed by atoms with Crippen molar-refractivity contribution < 1.29 is 9.59 Å². The van der Waals surface area contributed by atoms with Crippen molar-refractivity contribution in [1.29, 1.82) is 0 Å². The maximum atomic E-state index is 13.3. The van der Waals surface area contributed by atoms with E-state index in [-0.39, 0.29) is 22.9 Å². The summed E-state index contributed by atoms with van der Waals surface area (Å²) in [5.74, 6) is -0.106. The number of ketones is 2. The van der Waals surface area contributed by atoms with E-state index in [1.54, 1.807) is 0 Å². The maximum absolute atomic E-state index is 13.3. The fraction of sp³-hybridized carbons (Fsp3) is 0.250. The molecule has 0 aromatic heterocycles. The van der Waals surface area contributed by atoms with Crippen molar-refractivity contribution in [3.8, 4) is 0 Å². The first-order valence-corrected chi connectivity index (χ1v) is 9.43. The van der Waals surface area contributed by atoms with Crippen LogP contribution >= 0.6 is 0 Å². The number of carbonyl (C=O) groups is 2. The van der Waals surface area contributed by atoms with Crippen LogP contribution in [0.1, 0.15) is 54.1 Å². The molecule has 134 valence electrons. The summed E-state index contributed by atoms with van der Waals surface area (Å²) in [5.41, 5.74) is 5.96. The molecule has 27 heavy (non-hydrogen) atoms. The van der Waals surface area contributed by atoms with E-state index in [9.17, 15) is 9.59 Å². The average molecular weight is 355 g/mol. The second kappa shape index (κ2) is 5.53. The Hall–Kier alpha value is -2.94. The molecule has 0 fully saturated rings. The third-order valence-electron chi connectivity index (χ3n) is 5.86. The molecule has 0 spiro atoms. The van der Waals surface area contributed by atoms with Gasteiger partial charge in [0.2, 0.25) is 0 Å². The first-order valence-electron chi connectivity index (χ1n) is 9.43. The van der Waals surface area contributed by atoms with Crippen LogP contribution in [-0.4, -0.2) is 11.6 Å². The normalized spacial score (nSPS) is 23.0. The first kappa shape index (κ1) is 16.2. The predicted molar refractivity (Wildman–Crippen MR) is 105 cm³/mol. The van der Waals surface area contributed by atoms with Gasteiger partial charge >= 0.3 is 0 Å². The average Bonchev–Trinajstić information content (AvgIpc) is 2.92. The minimum atomic E-state index is -0.291. The van der Waals surface area contributed by atoms with Gasteiger partial charge in [-0.25, -0.2) is 0 Å². The van der Waals surface area contributed by atoms with Crippen molar-refractivity contribution in [1.82, 2.24) is 5.32 Å². The summed E-state index contributed by atoms with van der Waals surface area (Å²) in [6.07, 6.45) is 1.32. The monoisotopic (exact) mass is 355 g/mol. The van der Waals surface area contributed by atoms with E-state index >= 15 is 0 Å². The number of Topliss-reactive ketones (excluding diaryl/α,β-unsaturated/α-hetero) is 2. The van der Waals surface area contributed by atoms with Gasteiger partial charge in [0.1, 0.15) is 0 Å². The van der Waals surface area contributed by atoms with Gasteiger partial charge in [-0.3, -0.25) is 9.59 Å². The summed E-state index contributed by atoms with van der Waals surface area (Å²) >= 11 is 0. The Labute approximate surface area is 158 Å². The van der Waals surface area contributed by atoms with Gasteiger partial charge < -0.3 is 5.32 Å². The van der Waals surface area contributed by atoms with Crippen LogP contribution in [0.4, 0.5) is 0 Å². The van der Waals surface area contributed by atoms with E-state index in [1.165, 1.54) is 0 Å². The number of benzene rings is 2. The van der Waals surface area contributed by atoms with Crippen LogP contribution in [0.15, 0.2) is 71.4 Å². The van der Waals surface area contributed by atoms with Crippen molar-refractivity contribution in [2.45, 2.75) is 32.6 Å². The number of rotatable bonds is 1. The molecule has 0 saturated heterocycles. The highest BCUT2D eigenvalue weighted by Gasteiger charge is 2.46. The first-order chi connectivity index (χ1) is 13.0. The predicted octanol–water partition coefficient (Wildman–Crippen LogP) is 4.62. The molecule has 0 saturated carbocycles. The van der Waals surface area contributed by atoms with Crippen LogP contribution in [0.3, 0.4) is 0 Å². The van der Waals surface area contributed by atoms with Crippen LogP contribution in [0.2, 0.25) is 0 Å². The van der Waals surface area contributed by atoms with Crippen LogP contribution in [0.25, 0.3) is 5.70 Å². The number of carbonyl (C=O) groups excluding carboxylic acids is 2. The number of fused-ring (bicyclic) bond motifs is 2. The lowest BCUT2D eigenvalue weighted by Crippen LogP contribution is -2.37. The van der Waals surface area contributed by atoms with Crippen LogP contribution in [-0.2, 0) is 4.79 Å². The van der Waals surface area contributed by atoms with Gasteiger partial charge in [0.05, 0.1) is 5.70 Å². The zero-order valence-electron chi connectivity index (χ0n) is 15.5. The molecule has 1 atom stereocenters. The van der Waals surface area contributed by atoms with Gasteiger partial charge in [-0.05, 0) is 17.4 Å². The molecule has 0 amide bonds. The highest BCUT2D eigenvalue weighted by molar-refractivity contribution is 6.23. The Morgan fingerprint density at radius 1 is 0.852 bits per heavy atom. The number of dihydropyridines is 1. The summed E-state index contributed by atoms with van der Waals surface area (Å²) in [6.45, 7) is 4.26. The molecule has 1 heterocycles. The Morgan fingerprint density at radius 2 is 1.52 bits per heavy atom. The highest BCUT2D eigenvalue weighted by Crippen LogP contribution is 2.51. The van der Waals surface area contributed by atoms with E-state index in [1.807, 2.05) is 54.6 Å². The van der Waals surface area contributed by atoms with Crippen LogP contribution in [0, 0.1) is 5.41 Å². The number of allylic oxidation sites excluding steroid dienone is 3. The number of nitrogens with one attached hydrogen (secondary N) is 1. The van der Waals surface area contributed by atoms with Crippen molar-refractivity contribution in [2.75, 3.05) is 0 Å². The summed E-state index contributed by atoms with van der Waals surface area (Å²) < 4.78 is 0. The Balaban J connectivity index is 1.76. The molecule has 5 rings (SSSR count). The summed E-state index contributed by atoms with van der Waals surface area (Å²) in [4.78, 5) is 26.5. The fourth-order valence-corrected chi connectivity index (χ4v) is 4.77. The third kappa shape index (κ3) is 2.34. The lowest BCUT2D eigenvalue weighted by atomic mass is 9.68. The molecule has 0 unspecified atom stereocenters. The second-order valence-corrected chi connectivity index (χ2v) is 8.47. The number of hydrogen-bond donors (Lipinski definition) is 1. The summed E-state index contributed by atoms with van der Waals surface area (Å²) in [6, 6.07) is 17.7. The molecule has 3 heteroatoms. The molecule has 3 nitrogen and oxygen atoms in total. The standard InChI is InChI=1S/C24H21NO2/c1-24(2)12-17-20(18(26)13-24)19(14-8-4-3-5-9-14)21-22(25-17)15-10-6-7-11-16(15)23(21)27/h3-11,19,25H,12-13H2,1-2H3/t19-/m1/s1. The molecule has 3 aliphatic rings. The molecule has 0 radical (unpaired) electrons. The summed E-state index contributed by atoms with van der Waals surface area (Å²) in [5, 5.41) is 3.51. The lowest BCUT2D eigenvalue weighted by molar-refractivity contribution is -0.118. The van der Waals surface area contributed by atoms with Gasteiger partial charge in [-0.1, -0.05) is 68.4 Å². The minimum Gasteiger partial charge on any atom is -0.358 e. The quantitative estimate of drug-likeness (QED) is 0.812. The van der Waals surface area contributed by atoms with Crippen molar-refractivity contribution >= 4 is 17.3 Å². The molecule has 1 N–H and O–H groups in total. The van der Waals surface area contributed by atoms with Gasteiger partial charge in [-0.15, -0.1) is 0 Å². The smallest absolute Gasteiger partial charge is 0.192 e. The largest absolute Gasteiger partial charge is 0.358 e.